The quantitative estimate of drug-likeness (QED) is 0.866. The predicted octanol–water partition coefficient (Wildman–Crippen LogP) is 1.79. The number of carboxylic acids is 1. The van der Waals surface area contributed by atoms with E-state index in [-0.39, 0.29) is 11.3 Å². The summed E-state index contributed by atoms with van der Waals surface area (Å²) in [5.41, 5.74) is 0.468. The highest BCUT2D eigenvalue weighted by Gasteiger charge is 2.24. The van der Waals surface area contributed by atoms with E-state index in [4.69, 9.17) is 16.7 Å². The van der Waals surface area contributed by atoms with Crippen LogP contribution in [0.3, 0.4) is 0 Å². The van der Waals surface area contributed by atoms with Crippen LogP contribution in [0.2, 0.25) is 5.02 Å². The minimum absolute atomic E-state index is 0.0339. The molecule has 100 valence electrons. The SMILES string of the molecule is CC[C@@H](NS(=O)(=O)c1ccc(Cl)cc1C)C(=O)O. The number of aryl methyl sites for hydroxylation is 1. The van der Waals surface area contributed by atoms with Crippen LogP contribution in [0.15, 0.2) is 23.1 Å². The largest absolute Gasteiger partial charge is 0.480 e. The highest BCUT2D eigenvalue weighted by molar-refractivity contribution is 7.89. The van der Waals surface area contributed by atoms with Crippen LogP contribution in [-0.4, -0.2) is 25.5 Å². The summed E-state index contributed by atoms with van der Waals surface area (Å²) in [6.07, 6.45) is 0.168. The summed E-state index contributed by atoms with van der Waals surface area (Å²) < 4.78 is 26.2. The van der Waals surface area contributed by atoms with Crippen LogP contribution in [0.25, 0.3) is 0 Å². The average molecular weight is 292 g/mol. The number of hydrogen-bond donors (Lipinski definition) is 2. The molecule has 0 saturated carbocycles. The zero-order valence-corrected chi connectivity index (χ0v) is 11.5. The van der Waals surface area contributed by atoms with Gasteiger partial charge < -0.3 is 5.11 Å². The van der Waals surface area contributed by atoms with Crippen molar-refractivity contribution < 1.29 is 18.3 Å². The lowest BCUT2D eigenvalue weighted by Gasteiger charge is -2.14. The Kier molecular flexibility index (Phi) is 4.72. The van der Waals surface area contributed by atoms with Gasteiger partial charge in [0.15, 0.2) is 0 Å². The molecular formula is C11H14ClNO4S. The van der Waals surface area contributed by atoms with Crippen molar-refractivity contribution in [1.82, 2.24) is 4.72 Å². The third kappa shape index (κ3) is 3.44. The molecule has 1 rings (SSSR count). The number of carbonyl (C=O) groups is 1. The molecule has 1 atom stereocenters. The lowest BCUT2D eigenvalue weighted by atomic mass is 10.2. The molecule has 0 heterocycles. The molecule has 1 aromatic carbocycles. The van der Waals surface area contributed by atoms with Crippen LogP contribution in [0.5, 0.6) is 0 Å². The van der Waals surface area contributed by atoms with Crippen molar-refractivity contribution in [2.24, 2.45) is 0 Å². The zero-order chi connectivity index (χ0) is 13.9. The molecule has 0 aromatic heterocycles. The number of nitrogens with one attached hydrogen (secondary N) is 1. The van der Waals surface area contributed by atoms with Crippen LogP contribution in [0.4, 0.5) is 0 Å². The molecular weight excluding hydrogens is 278 g/mol. The minimum Gasteiger partial charge on any atom is -0.480 e. The molecule has 0 saturated heterocycles. The summed E-state index contributed by atoms with van der Waals surface area (Å²) >= 11 is 5.74. The Morgan fingerprint density at radius 1 is 1.50 bits per heavy atom. The molecule has 0 fully saturated rings. The van der Waals surface area contributed by atoms with Gasteiger partial charge in [0.2, 0.25) is 10.0 Å². The molecule has 0 spiro atoms. The van der Waals surface area contributed by atoms with Gasteiger partial charge in [-0.15, -0.1) is 0 Å². The second-order valence-corrected chi connectivity index (χ2v) is 5.95. The Balaban J connectivity index is 3.10. The number of rotatable bonds is 5. The van der Waals surface area contributed by atoms with Gasteiger partial charge in [-0.3, -0.25) is 4.79 Å². The Hall–Kier alpha value is -1.11. The topological polar surface area (TPSA) is 83.5 Å². The van der Waals surface area contributed by atoms with Crippen LogP contribution in [0, 0.1) is 6.92 Å². The molecule has 18 heavy (non-hydrogen) atoms. The molecule has 2 N–H and O–H groups in total. The molecule has 0 aliphatic rings. The van der Waals surface area contributed by atoms with Crippen molar-refractivity contribution in [2.75, 3.05) is 0 Å². The summed E-state index contributed by atoms with van der Waals surface area (Å²) in [5, 5.41) is 9.28. The first-order chi connectivity index (χ1) is 8.27. The van der Waals surface area contributed by atoms with E-state index in [1.54, 1.807) is 13.8 Å². The third-order valence-electron chi connectivity index (χ3n) is 2.43. The summed E-state index contributed by atoms with van der Waals surface area (Å²) in [7, 11) is -3.85. The van der Waals surface area contributed by atoms with E-state index >= 15 is 0 Å². The maximum absolute atomic E-state index is 12.0. The number of aliphatic carboxylic acids is 1. The standard InChI is InChI=1S/C11H14ClNO4S/c1-3-9(11(14)15)13-18(16,17)10-5-4-8(12)6-7(10)2/h4-6,9,13H,3H2,1-2H3,(H,14,15)/t9-/m1/s1. The fourth-order valence-corrected chi connectivity index (χ4v) is 3.20. The lowest BCUT2D eigenvalue weighted by Crippen LogP contribution is -2.40. The van der Waals surface area contributed by atoms with E-state index in [1.165, 1.54) is 18.2 Å². The number of hydrogen-bond acceptors (Lipinski definition) is 3. The van der Waals surface area contributed by atoms with Gasteiger partial charge in [0.1, 0.15) is 6.04 Å². The Labute approximate surface area is 111 Å². The van der Waals surface area contributed by atoms with E-state index in [1.807, 2.05) is 0 Å². The first kappa shape index (κ1) is 14.9. The van der Waals surface area contributed by atoms with Gasteiger partial charge in [-0.25, -0.2) is 8.42 Å². The molecule has 0 amide bonds. The third-order valence-corrected chi connectivity index (χ3v) is 4.30. The smallest absolute Gasteiger partial charge is 0.321 e. The Morgan fingerprint density at radius 3 is 2.56 bits per heavy atom. The average Bonchev–Trinajstić information content (AvgIpc) is 2.24. The van der Waals surface area contributed by atoms with E-state index in [0.717, 1.165) is 0 Å². The van der Waals surface area contributed by atoms with Gasteiger partial charge in [-0.2, -0.15) is 4.72 Å². The van der Waals surface area contributed by atoms with Gasteiger partial charge in [-0.1, -0.05) is 18.5 Å². The van der Waals surface area contributed by atoms with Crippen molar-refractivity contribution in [3.63, 3.8) is 0 Å². The fraction of sp³-hybridized carbons (Fsp3) is 0.364. The first-order valence-electron chi connectivity index (χ1n) is 5.29. The van der Waals surface area contributed by atoms with Crippen LogP contribution >= 0.6 is 11.6 Å². The number of carboxylic acid groups (broad SMARTS) is 1. The lowest BCUT2D eigenvalue weighted by molar-refractivity contribution is -0.139. The van der Waals surface area contributed by atoms with Gasteiger partial charge in [-0.05, 0) is 37.1 Å². The van der Waals surface area contributed by atoms with Crippen molar-refractivity contribution in [2.45, 2.75) is 31.2 Å². The van der Waals surface area contributed by atoms with E-state index in [0.29, 0.717) is 10.6 Å². The van der Waals surface area contributed by atoms with Crippen molar-refractivity contribution in [3.05, 3.63) is 28.8 Å². The second-order valence-electron chi connectivity index (χ2n) is 3.83. The fourth-order valence-electron chi connectivity index (χ4n) is 1.47. The van der Waals surface area contributed by atoms with Gasteiger partial charge in [0.05, 0.1) is 4.90 Å². The molecule has 7 heteroatoms. The maximum atomic E-state index is 12.0. The number of benzene rings is 1. The van der Waals surface area contributed by atoms with E-state index in [2.05, 4.69) is 4.72 Å². The normalized spacial score (nSPS) is 13.3. The van der Waals surface area contributed by atoms with Crippen molar-refractivity contribution >= 4 is 27.6 Å². The zero-order valence-electron chi connectivity index (χ0n) is 9.97. The summed E-state index contributed by atoms with van der Waals surface area (Å²) in [4.78, 5) is 10.9. The van der Waals surface area contributed by atoms with Gasteiger partial charge in [0, 0.05) is 5.02 Å². The molecule has 0 unspecified atom stereocenters. The molecule has 0 radical (unpaired) electrons. The maximum Gasteiger partial charge on any atom is 0.321 e. The summed E-state index contributed by atoms with van der Waals surface area (Å²) in [6, 6.07) is 3.18. The molecule has 0 aliphatic heterocycles. The van der Waals surface area contributed by atoms with Crippen LogP contribution < -0.4 is 4.72 Å². The monoisotopic (exact) mass is 291 g/mol. The van der Waals surface area contributed by atoms with Crippen LogP contribution in [0.1, 0.15) is 18.9 Å². The Morgan fingerprint density at radius 2 is 2.11 bits per heavy atom. The highest BCUT2D eigenvalue weighted by atomic mass is 35.5. The molecule has 1 aromatic rings. The number of halogens is 1. The van der Waals surface area contributed by atoms with E-state index < -0.39 is 22.0 Å². The van der Waals surface area contributed by atoms with Gasteiger partial charge in [0.25, 0.3) is 0 Å². The minimum atomic E-state index is -3.85. The second kappa shape index (κ2) is 5.69. The molecule has 5 nitrogen and oxygen atoms in total. The Bertz CT molecular complexity index is 556. The van der Waals surface area contributed by atoms with Gasteiger partial charge >= 0.3 is 5.97 Å². The van der Waals surface area contributed by atoms with Crippen molar-refractivity contribution in [1.29, 1.82) is 0 Å². The summed E-state index contributed by atoms with van der Waals surface area (Å²) in [6.45, 7) is 3.19. The van der Waals surface area contributed by atoms with Crippen molar-refractivity contribution in [3.8, 4) is 0 Å². The van der Waals surface area contributed by atoms with E-state index in [9.17, 15) is 13.2 Å². The first-order valence-corrected chi connectivity index (χ1v) is 7.15. The predicted molar refractivity (Wildman–Crippen MR) is 68.2 cm³/mol. The number of sulfonamides is 1. The molecule has 0 bridgehead atoms. The summed E-state index contributed by atoms with van der Waals surface area (Å²) in [5.74, 6) is -1.20. The highest BCUT2D eigenvalue weighted by Crippen LogP contribution is 2.19. The van der Waals surface area contributed by atoms with Crippen LogP contribution in [-0.2, 0) is 14.8 Å². The molecule has 0 aliphatic carbocycles.